The van der Waals surface area contributed by atoms with Crippen molar-refractivity contribution in [3.63, 3.8) is 0 Å². The molecule has 0 unspecified atom stereocenters. The SMILES string of the molecule is CC(C)(C)c1cc(C23CC4CC(CC(C4)C2)C3)ccc1N(c1ccc2ccccc2c1)c1ccc2ccccc2c1-c1cccc2c1oc1ccccc12. The van der Waals surface area contributed by atoms with Crippen LogP contribution in [0.3, 0.4) is 0 Å². The molecule has 0 N–H and O–H groups in total. The minimum absolute atomic E-state index is 0.0848. The van der Waals surface area contributed by atoms with Crippen molar-refractivity contribution in [2.24, 2.45) is 17.8 Å². The predicted octanol–water partition coefficient (Wildman–Crippen LogP) is 14.8. The molecule has 0 spiro atoms. The van der Waals surface area contributed by atoms with Crippen LogP contribution in [0.25, 0.3) is 54.6 Å². The second-order valence-electron chi connectivity index (χ2n) is 18.0. The summed E-state index contributed by atoms with van der Waals surface area (Å²) in [4.78, 5) is 2.57. The summed E-state index contributed by atoms with van der Waals surface area (Å²) in [6.45, 7) is 7.22. The smallest absolute Gasteiger partial charge is 0.143 e. The maximum atomic E-state index is 6.78. The lowest BCUT2D eigenvalue weighted by Crippen LogP contribution is -2.48. The van der Waals surface area contributed by atoms with Crippen molar-refractivity contribution in [1.29, 1.82) is 0 Å². The van der Waals surface area contributed by atoms with E-state index >= 15 is 0 Å². The summed E-state index contributed by atoms with van der Waals surface area (Å²) in [7, 11) is 0. The Morgan fingerprint density at radius 1 is 0.556 bits per heavy atom. The second kappa shape index (κ2) is 11.8. The zero-order valence-electron chi connectivity index (χ0n) is 31.6. The van der Waals surface area contributed by atoms with Crippen molar-refractivity contribution in [3.8, 4) is 11.1 Å². The van der Waals surface area contributed by atoms with E-state index in [-0.39, 0.29) is 5.41 Å². The van der Waals surface area contributed by atoms with E-state index in [2.05, 4.69) is 165 Å². The van der Waals surface area contributed by atoms with Crippen LogP contribution >= 0.6 is 0 Å². The number of hydrogen-bond acceptors (Lipinski definition) is 2. The van der Waals surface area contributed by atoms with E-state index in [1.165, 1.54) is 76.9 Å². The van der Waals surface area contributed by atoms with Gasteiger partial charge in [-0.15, -0.1) is 0 Å². The first kappa shape index (κ1) is 32.1. The summed E-state index contributed by atoms with van der Waals surface area (Å²) >= 11 is 0. The van der Waals surface area contributed by atoms with Crippen molar-refractivity contribution >= 4 is 60.5 Å². The maximum Gasteiger partial charge on any atom is 0.143 e. The van der Waals surface area contributed by atoms with Gasteiger partial charge in [0.15, 0.2) is 0 Å². The van der Waals surface area contributed by atoms with Gasteiger partial charge in [-0.05, 0) is 130 Å². The fraction of sp³-hybridized carbons (Fsp3) is 0.269. The summed E-state index contributed by atoms with van der Waals surface area (Å²) < 4.78 is 6.78. The first-order chi connectivity index (χ1) is 26.3. The predicted molar refractivity (Wildman–Crippen MR) is 227 cm³/mol. The third kappa shape index (κ3) is 4.99. The van der Waals surface area contributed by atoms with Crippen LogP contribution in [0.5, 0.6) is 0 Å². The van der Waals surface area contributed by atoms with E-state index in [0.29, 0.717) is 5.41 Å². The van der Waals surface area contributed by atoms with Gasteiger partial charge in [-0.25, -0.2) is 0 Å². The number of rotatable bonds is 5. The van der Waals surface area contributed by atoms with Crippen LogP contribution in [-0.4, -0.2) is 0 Å². The zero-order valence-corrected chi connectivity index (χ0v) is 31.6. The molecule has 0 amide bonds. The lowest BCUT2D eigenvalue weighted by molar-refractivity contribution is -0.00523. The van der Waals surface area contributed by atoms with Gasteiger partial charge in [0.1, 0.15) is 11.2 Å². The highest BCUT2D eigenvalue weighted by atomic mass is 16.3. The summed E-state index contributed by atoms with van der Waals surface area (Å²) in [5.41, 5.74) is 11.0. The third-order valence-corrected chi connectivity index (χ3v) is 13.5. The lowest BCUT2D eigenvalue weighted by atomic mass is 9.48. The Labute approximate surface area is 318 Å². The van der Waals surface area contributed by atoms with Crippen molar-refractivity contribution < 1.29 is 4.42 Å². The van der Waals surface area contributed by atoms with E-state index in [1.807, 2.05) is 0 Å². The number of furan rings is 1. The Bertz CT molecular complexity index is 2720. The van der Waals surface area contributed by atoms with Gasteiger partial charge in [-0.3, -0.25) is 0 Å². The Morgan fingerprint density at radius 2 is 1.19 bits per heavy atom. The molecule has 1 aromatic heterocycles. The highest BCUT2D eigenvalue weighted by molar-refractivity contribution is 6.15. The van der Waals surface area contributed by atoms with Crippen LogP contribution in [0.15, 0.2) is 144 Å². The van der Waals surface area contributed by atoms with E-state index in [0.717, 1.165) is 56.6 Å². The monoisotopic (exact) mass is 701 g/mol. The number of benzene rings is 7. The molecule has 4 aliphatic rings. The first-order valence-corrected chi connectivity index (χ1v) is 20.2. The molecule has 0 aliphatic heterocycles. The molecule has 4 bridgehead atoms. The summed E-state index contributed by atoms with van der Waals surface area (Å²) in [5.74, 6) is 2.72. The summed E-state index contributed by atoms with van der Waals surface area (Å²) in [5, 5.41) is 7.23. The molecular weight excluding hydrogens is 655 g/mol. The Kier molecular flexibility index (Phi) is 7.04. The van der Waals surface area contributed by atoms with Crippen LogP contribution in [0.2, 0.25) is 0 Å². The van der Waals surface area contributed by atoms with Gasteiger partial charge in [0.2, 0.25) is 0 Å². The topological polar surface area (TPSA) is 16.4 Å². The van der Waals surface area contributed by atoms with Crippen molar-refractivity contribution in [1.82, 2.24) is 0 Å². The Balaban J connectivity index is 1.20. The van der Waals surface area contributed by atoms with Crippen LogP contribution < -0.4 is 4.90 Å². The lowest BCUT2D eigenvalue weighted by Gasteiger charge is -2.57. The first-order valence-electron chi connectivity index (χ1n) is 20.2. The van der Waals surface area contributed by atoms with Crippen molar-refractivity contribution in [2.45, 2.75) is 70.1 Å². The standard InChI is InChI=1S/C52H47NO/c1-51(2,3)45-29-39(52-30-33-25-34(31-52)27-35(26-33)32-52)21-24-46(45)53(40-22-19-36-11-4-5-13-38(36)28-40)47-23-20-37-12-6-7-14-41(37)49(47)44-17-10-16-43-42-15-8-9-18-48(42)54-50(43)44/h4-24,28-29,33-35H,25-27,30-32H2,1-3H3. The largest absolute Gasteiger partial charge is 0.455 e. The number of para-hydroxylation sites is 2. The normalized spacial score (nSPS) is 22.2. The molecule has 0 radical (unpaired) electrons. The van der Waals surface area contributed by atoms with E-state index in [1.54, 1.807) is 5.56 Å². The van der Waals surface area contributed by atoms with Gasteiger partial charge in [0.05, 0.1) is 5.69 Å². The third-order valence-electron chi connectivity index (χ3n) is 13.5. The maximum absolute atomic E-state index is 6.78. The number of anilines is 3. The Morgan fingerprint density at radius 3 is 1.94 bits per heavy atom. The molecular formula is C52H47NO. The molecule has 7 aromatic carbocycles. The minimum atomic E-state index is -0.0848. The fourth-order valence-electron chi connectivity index (χ4n) is 11.5. The highest BCUT2D eigenvalue weighted by Crippen LogP contribution is 2.61. The molecule has 4 aliphatic carbocycles. The van der Waals surface area contributed by atoms with Gasteiger partial charge >= 0.3 is 0 Å². The fourth-order valence-corrected chi connectivity index (χ4v) is 11.5. The molecule has 8 aromatic rings. The van der Waals surface area contributed by atoms with Gasteiger partial charge < -0.3 is 9.32 Å². The molecule has 0 saturated heterocycles. The van der Waals surface area contributed by atoms with Crippen LogP contribution in [-0.2, 0) is 10.8 Å². The average Bonchev–Trinajstić information content (AvgIpc) is 3.56. The summed E-state index contributed by atoms with van der Waals surface area (Å²) in [6, 6.07) is 52.0. The zero-order chi connectivity index (χ0) is 36.2. The van der Waals surface area contributed by atoms with Crippen molar-refractivity contribution in [3.05, 3.63) is 151 Å². The molecule has 4 saturated carbocycles. The van der Waals surface area contributed by atoms with Gasteiger partial charge in [-0.1, -0.05) is 130 Å². The van der Waals surface area contributed by atoms with Crippen LogP contribution in [0.1, 0.15) is 70.4 Å². The van der Waals surface area contributed by atoms with Gasteiger partial charge in [0.25, 0.3) is 0 Å². The molecule has 4 fully saturated rings. The molecule has 54 heavy (non-hydrogen) atoms. The van der Waals surface area contributed by atoms with E-state index < -0.39 is 0 Å². The van der Waals surface area contributed by atoms with Crippen molar-refractivity contribution in [2.75, 3.05) is 4.90 Å². The molecule has 266 valence electrons. The second-order valence-corrected chi connectivity index (χ2v) is 18.0. The average molecular weight is 702 g/mol. The molecule has 12 rings (SSSR count). The van der Waals surface area contributed by atoms with E-state index in [4.69, 9.17) is 4.42 Å². The summed E-state index contributed by atoms with van der Waals surface area (Å²) in [6.07, 6.45) is 8.48. The number of nitrogens with zero attached hydrogens (tertiary/aromatic N) is 1. The molecule has 1 heterocycles. The van der Waals surface area contributed by atoms with Crippen LogP contribution in [0, 0.1) is 17.8 Å². The number of hydrogen-bond donors (Lipinski definition) is 0. The number of fused-ring (bicyclic) bond motifs is 5. The molecule has 0 atom stereocenters. The Hall–Kier alpha value is -5.34. The van der Waals surface area contributed by atoms with Gasteiger partial charge in [0, 0.05) is 33.3 Å². The highest BCUT2D eigenvalue weighted by Gasteiger charge is 2.51. The minimum Gasteiger partial charge on any atom is -0.455 e. The van der Waals surface area contributed by atoms with Crippen LogP contribution in [0.4, 0.5) is 17.1 Å². The van der Waals surface area contributed by atoms with E-state index in [9.17, 15) is 0 Å². The molecule has 2 nitrogen and oxygen atoms in total. The molecule has 2 heteroatoms. The quantitative estimate of drug-likeness (QED) is 0.178. The van der Waals surface area contributed by atoms with Gasteiger partial charge in [-0.2, -0.15) is 0 Å².